The molecule has 1 aromatic carbocycles. The molecule has 0 saturated heterocycles. The largest absolute Gasteiger partial charge is 0.493 e. The summed E-state index contributed by atoms with van der Waals surface area (Å²) < 4.78 is 11.4. The smallest absolute Gasteiger partial charge is 0.162 e. The van der Waals surface area contributed by atoms with E-state index >= 15 is 0 Å². The molecular formula is C17H24O2. The number of methoxy groups -OCH3 is 1. The van der Waals surface area contributed by atoms with Crippen LogP contribution < -0.4 is 9.47 Å². The van der Waals surface area contributed by atoms with E-state index in [0.717, 1.165) is 29.7 Å². The second-order valence-corrected chi connectivity index (χ2v) is 4.73. The van der Waals surface area contributed by atoms with Crippen LogP contribution in [-0.2, 0) is 6.42 Å². The average Bonchev–Trinajstić information content (AvgIpc) is 2.44. The third kappa shape index (κ3) is 4.21. The third-order valence-corrected chi connectivity index (χ3v) is 3.22. The first-order valence-corrected chi connectivity index (χ1v) is 7.00. The molecule has 1 unspecified atom stereocenters. The number of terminal acetylenes is 1. The van der Waals surface area contributed by atoms with E-state index in [1.807, 2.05) is 12.1 Å². The van der Waals surface area contributed by atoms with Crippen LogP contribution in [0.4, 0.5) is 0 Å². The van der Waals surface area contributed by atoms with Gasteiger partial charge >= 0.3 is 0 Å². The number of aryl methyl sites for hydroxylation is 1. The van der Waals surface area contributed by atoms with Crippen LogP contribution >= 0.6 is 0 Å². The standard InChI is InChI=1S/C17H24O2/c1-6-9-10-13(4)19-17-12-15(8-3)14(7-2)11-16(17)18-5/h2,11-13H,6,8-10H2,1,3-5H3. The van der Waals surface area contributed by atoms with Crippen molar-refractivity contribution in [2.75, 3.05) is 7.11 Å². The van der Waals surface area contributed by atoms with E-state index in [1.165, 1.54) is 12.8 Å². The highest BCUT2D eigenvalue weighted by atomic mass is 16.5. The molecule has 0 heterocycles. The summed E-state index contributed by atoms with van der Waals surface area (Å²) in [6.45, 7) is 6.37. The molecule has 2 heteroatoms. The van der Waals surface area contributed by atoms with Crippen molar-refractivity contribution in [2.45, 2.75) is 52.6 Å². The minimum atomic E-state index is 0.190. The first kappa shape index (κ1) is 15.4. The van der Waals surface area contributed by atoms with Crippen molar-refractivity contribution in [3.63, 3.8) is 0 Å². The van der Waals surface area contributed by atoms with Crippen LogP contribution in [0.15, 0.2) is 12.1 Å². The number of benzene rings is 1. The second kappa shape index (κ2) is 7.74. The predicted molar refractivity (Wildman–Crippen MR) is 79.9 cm³/mol. The maximum absolute atomic E-state index is 5.99. The third-order valence-electron chi connectivity index (χ3n) is 3.22. The molecule has 2 nitrogen and oxygen atoms in total. The normalized spacial score (nSPS) is 11.7. The quantitative estimate of drug-likeness (QED) is 0.684. The Bertz CT molecular complexity index is 443. The SMILES string of the molecule is C#Cc1cc(OC)c(OC(C)CCCC)cc1CC. The summed E-state index contributed by atoms with van der Waals surface area (Å²) in [5, 5.41) is 0. The fourth-order valence-electron chi connectivity index (χ4n) is 2.05. The minimum Gasteiger partial charge on any atom is -0.493 e. The van der Waals surface area contributed by atoms with Gasteiger partial charge in [0, 0.05) is 5.56 Å². The zero-order valence-electron chi connectivity index (χ0n) is 12.5. The number of rotatable bonds is 7. The van der Waals surface area contributed by atoms with Crippen molar-refractivity contribution in [2.24, 2.45) is 0 Å². The van der Waals surface area contributed by atoms with E-state index < -0.39 is 0 Å². The maximum atomic E-state index is 5.99. The Morgan fingerprint density at radius 1 is 1.26 bits per heavy atom. The summed E-state index contributed by atoms with van der Waals surface area (Å²) >= 11 is 0. The number of hydrogen-bond donors (Lipinski definition) is 0. The molecule has 0 aliphatic heterocycles. The lowest BCUT2D eigenvalue weighted by atomic mass is 10.0. The summed E-state index contributed by atoms with van der Waals surface area (Å²) in [5.41, 5.74) is 2.01. The Hall–Kier alpha value is -1.62. The zero-order valence-corrected chi connectivity index (χ0v) is 12.5. The van der Waals surface area contributed by atoms with Crippen LogP contribution in [0.1, 0.15) is 51.2 Å². The van der Waals surface area contributed by atoms with Crippen molar-refractivity contribution in [1.29, 1.82) is 0 Å². The van der Waals surface area contributed by atoms with Crippen molar-refractivity contribution >= 4 is 0 Å². The van der Waals surface area contributed by atoms with E-state index in [0.29, 0.717) is 5.75 Å². The summed E-state index contributed by atoms with van der Waals surface area (Å²) in [4.78, 5) is 0. The first-order valence-electron chi connectivity index (χ1n) is 7.00. The molecule has 1 aromatic rings. The topological polar surface area (TPSA) is 18.5 Å². The second-order valence-electron chi connectivity index (χ2n) is 4.73. The Labute approximate surface area is 117 Å². The molecule has 1 rings (SSSR count). The van der Waals surface area contributed by atoms with Gasteiger partial charge in [-0.25, -0.2) is 0 Å². The van der Waals surface area contributed by atoms with E-state index in [2.05, 4.69) is 26.7 Å². The molecule has 0 amide bonds. The zero-order chi connectivity index (χ0) is 14.3. The Kier molecular flexibility index (Phi) is 6.29. The highest BCUT2D eigenvalue weighted by Gasteiger charge is 2.12. The van der Waals surface area contributed by atoms with Crippen molar-refractivity contribution in [3.8, 4) is 23.8 Å². The van der Waals surface area contributed by atoms with E-state index in [1.54, 1.807) is 7.11 Å². The highest BCUT2D eigenvalue weighted by molar-refractivity contribution is 5.52. The molecule has 0 aliphatic rings. The van der Waals surface area contributed by atoms with E-state index in [9.17, 15) is 0 Å². The Morgan fingerprint density at radius 2 is 2.00 bits per heavy atom. The summed E-state index contributed by atoms with van der Waals surface area (Å²) in [7, 11) is 1.64. The number of ether oxygens (including phenoxy) is 2. The lowest BCUT2D eigenvalue weighted by Gasteiger charge is -2.18. The molecule has 19 heavy (non-hydrogen) atoms. The van der Waals surface area contributed by atoms with Crippen molar-refractivity contribution in [1.82, 2.24) is 0 Å². The van der Waals surface area contributed by atoms with Crippen LogP contribution in [0.25, 0.3) is 0 Å². The summed E-state index contributed by atoms with van der Waals surface area (Å²) in [6, 6.07) is 3.90. The van der Waals surface area contributed by atoms with Gasteiger partial charge in [0.1, 0.15) is 0 Å². The number of unbranched alkanes of at least 4 members (excludes halogenated alkanes) is 1. The first-order chi connectivity index (χ1) is 9.15. The molecule has 0 bridgehead atoms. The molecule has 0 aromatic heterocycles. The summed E-state index contributed by atoms with van der Waals surface area (Å²) in [6.07, 6.45) is 10.0. The van der Waals surface area contributed by atoms with Gasteiger partial charge in [-0.15, -0.1) is 6.42 Å². The van der Waals surface area contributed by atoms with Gasteiger partial charge < -0.3 is 9.47 Å². The van der Waals surface area contributed by atoms with Crippen molar-refractivity contribution in [3.05, 3.63) is 23.3 Å². The molecule has 0 aliphatic carbocycles. The van der Waals surface area contributed by atoms with Gasteiger partial charge in [-0.2, -0.15) is 0 Å². The van der Waals surface area contributed by atoms with Gasteiger partial charge in [-0.05, 0) is 37.5 Å². The monoisotopic (exact) mass is 260 g/mol. The highest BCUT2D eigenvalue weighted by Crippen LogP contribution is 2.32. The van der Waals surface area contributed by atoms with Crippen LogP contribution in [0.5, 0.6) is 11.5 Å². The molecule has 0 spiro atoms. The maximum Gasteiger partial charge on any atom is 0.162 e. The molecule has 1 atom stereocenters. The fourth-order valence-corrected chi connectivity index (χ4v) is 2.05. The van der Waals surface area contributed by atoms with Gasteiger partial charge in [-0.1, -0.05) is 32.6 Å². The Balaban J connectivity index is 2.96. The number of hydrogen-bond acceptors (Lipinski definition) is 2. The minimum absolute atomic E-state index is 0.190. The average molecular weight is 260 g/mol. The molecular weight excluding hydrogens is 236 g/mol. The molecule has 0 saturated carbocycles. The van der Waals surface area contributed by atoms with Crippen molar-refractivity contribution < 1.29 is 9.47 Å². The van der Waals surface area contributed by atoms with Crippen LogP contribution in [-0.4, -0.2) is 13.2 Å². The van der Waals surface area contributed by atoms with E-state index in [-0.39, 0.29) is 6.10 Å². The molecule has 0 N–H and O–H groups in total. The van der Waals surface area contributed by atoms with Gasteiger partial charge in [0.2, 0.25) is 0 Å². The predicted octanol–water partition coefficient (Wildman–Crippen LogP) is 4.20. The van der Waals surface area contributed by atoms with Gasteiger partial charge in [0.25, 0.3) is 0 Å². The van der Waals surface area contributed by atoms with Gasteiger partial charge in [-0.3, -0.25) is 0 Å². The lowest BCUT2D eigenvalue weighted by molar-refractivity contribution is 0.198. The fraction of sp³-hybridized carbons (Fsp3) is 0.529. The van der Waals surface area contributed by atoms with Crippen LogP contribution in [0, 0.1) is 12.3 Å². The molecule has 104 valence electrons. The van der Waals surface area contributed by atoms with Crippen LogP contribution in [0.3, 0.4) is 0 Å². The van der Waals surface area contributed by atoms with Gasteiger partial charge in [0.15, 0.2) is 11.5 Å². The summed E-state index contributed by atoms with van der Waals surface area (Å²) in [5.74, 6) is 4.21. The molecule has 0 radical (unpaired) electrons. The Morgan fingerprint density at radius 3 is 2.53 bits per heavy atom. The molecule has 0 fully saturated rings. The lowest BCUT2D eigenvalue weighted by Crippen LogP contribution is -2.12. The van der Waals surface area contributed by atoms with Crippen LogP contribution in [0.2, 0.25) is 0 Å². The van der Waals surface area contributed by atoms with E-state index in [4.69, 9.17) is 15.9 Å². The van der Waals surface area contributed by atoms with Gasteiger partial charge in [0.05, 0.1) is 13.2 Å².